The van der Waals surface area contributed by atoms with Gasteiger partial charge in [0.1, 0.15) is 0 Å². The Hall–Kier alpha value is -2.64. The smallest absolute Gasteiger partial charge is 0.315 e. The predicted octanol–water partition coefficient (Wildman–Crippen LogP) is 4.49. The number of benzene rings is 1. The van der Waals surface area contributed by atoms with Gasteiger partial charge in [-0.3, -0.25) is 9.59 Å². The highest BCUT2D eigenvalue weighted by molar-refractivity contribution is 7.12. The molecule has 1 aromatic carbocycles. The molecule has 1 aromatic heterocycles. The molecule has 1 saturated heterocycles. The van der Waals surface area contributed by atoms with E-state index in [1.807, 2.05) is 30.5 Å². The molecule has 3 amide bonds. The van der Waals surface area contributed by atoms with Crippen LogP contribution in [0.4, 0.5) is 4.79 Å². The van der Waals surface area contributed by atoms with Crippen molar-refractivity contribution in [2.24, 2.45) is 11.8 Å². The van der Waals surface area contributed by atoms with E-state index in [0.29, 0.717) is 31.0 Å². The molecule has 1 unspecified atom stereocenters. The molecule has 2 aromatic rings. The Morgan fingerprint density at radius 1 is 1.25 bits per heavy atom. The van der Waals surface area contributed by atoms with Gasteiger partial charge in [0.15, 0.2) is 5.78 Å². The summed E-state index contributed by atoms with van der Waals surface area (Å²) in [5.74, 6) is -0.713. The molecule has 2 aliphatic rings. The number of carbonyl (C=O) groups is 3. The molecule has 168 valence electrons. The van der Waals surface area contributed by atoms with Gasteiger partial charge in [-0.05, 0) is 66.3 Å². The van der Waals surface area contributed by atoms with E-state index in [0.717, 1.165) is 45.7 Å². The summed E-state index contributed by atoms with van der Waals surface area (Å²) in [4.78, 5) is 38.6. The summed E-state index contributed by atoms with van der Waals surface area (Å²) in [5.41, 5.74) is 4.54. The van der Waals surface area contributed by atoms with Crippen molar-refractivity contribution < 1.29 is 14.4 Å². The van der Waals surface area contributed by atoms with Crippen molar-refractivity contribution in [2.75, 3.05) is 0 Å². The molecule has 1 aliphatic heterocycles. The second-order valence-electron chi connectivity index (χ2n) is 8.45. The van der Waals surface area contributed by atoms with Crippen LogP contribution in [0.15, 0.2) is 35.9 Å². The number of ketones is 1. The van der Waals surface area contributed by atoms with Gasteiger partial charge in [-0.1, -0.05) is 30.3 Å². The Bertz CT molecular complexity index is 1090. The van der Waals surface area contributed by atoms with Crippen molar-refractivity contribution in [1.29, 1.82) is 0 Å². The lowest BCUT2D eigenvalue weighted by Gasteiger charge is -2.19. The molecular weight excluding hydrogens is 446 g/mol. The zero-order chi connectivity index (χ0) is 22.8. The Kier molecular flexibility index (Phi) is 6.67. The summed E-state index contributed by atoms with van der Waals surface area (Å²) >= 11 is 7.53. The van der Waals surface area contributed by atoms with Crippen LogP contribution in [0.3, 0.4) is 0 Å². The molecule has 1 fully saturated rings. The molecule has 0 bridgehead atoms. The van der Waals surface area contributed by atoms with Gasteiger partial charge in [-0.15, -0.1) is 11.3 Å². The highest BCUT2D eigenvalue weighted by atomic mass is 35.5. The molecule has 6 nitrogen and oxygen atoms in total. The van der Waals surface area contributed by atoms with Crippen LogP contribution in [0.25, 0.3) is 0 Å². The van der Waals surface area contributed by atoms with Crippen LogP contribution in [-0.4, -0.2) is 17.7 Å². The van der Waals surface area contributed by atoms with Gasteiger partial charge in [0.05, 0.1) is 4.88 Å². The standard InChI is InChI=1S/C24H26ClN3O3S/c1-13-6-7-15(8-20(13)25)10-26-24(31)27-11-16-12-32-22-18(16)9-19(21(22)29)17-5-3-4-14(2)28-23(17)30/h6-8,12,17,19H,2-5,9-11H2,1H3,(H,28,30)(H2,26,27,31)/t17-,19?/m1/s1. The molecule has 0 spiro atoms. The molecular formula is C24H26ClN3O3S. The second-order valence-corrected chi connectivity index (χ2v) is 9.74. The van der Waals surface area contributed by atoms with Crippen molar-refractivity contribution in [3.05, 3.63) is 68.0 Å². The second kappa shape index (κ2) is 9.46. The van der Waals surface area contributed by atoms with Crippen LogP contribution < -0.4 is 16.0 Å². The third-order valence-corrected chi connectivity index (χ3v) is 7.70. The Labute approximate surface area is 196 Å². The fourth-order valence-electron chi connectivity index (χ4n) is 4.35. The van der Waals surface area contributed by atoms with E-state index in [2.05, 4.69) is 22.5 Å². The van der Waals surface area contributed by atoms with Gasteiger partial charge in [-0.25, -0.2) is 4.79 Å². The summed E-state index contributed by atoms with van der Waals surface area (Å²) in [6.07, 6.45) is 2.84. The van der Waals surface area contributed by atoms with Crippen LogP contribution >= 0.6 is 22.9 Å². The number of amides is 3. The Morgan fingerprint density at radius 2 is 2.03 bits per heavy atom. The topological polar surface area (TPSA) is 87.3 Å². The van der Waals surface area contributed by atoms with Crippen LogP contribution in [0.1, 0.15) is 51.2 Å². The zero-order valence-electron chi connectivity index (χ0n) is 17.9. The lowest BCUT2D eigenvalue weighted by molar-refractivity contribution is -0.125. The quantitative estimate of drug-likeness (QED) is 0.600. The maximum absolute atomic E-state index is 13.0. The van der Waals surface area contributed by atoms with E-state index in [-0.39, 0.29) is 29.6 Å². The first-order chi connectivity index (χ1) is 15.3. The van der Waals surface area contributed by atoms with Gasteiger partial charge in [0, 0.05) is 35.6 Å². The van der Waals surface area contributed by atoms with Crippen LogP contribution in [0, 0.1) is 18.8 Å². The third kappa shape index (κ3) is 4.74. The molecule has 0 saturated carbocycles. The van der Waals surface area contributed by atoms with E-state index in [1.165, 1.54) is 11.3 Å². The molecule has 8 heteroatoms. The lowest BCUT2D eigenvalue weighted by atomic mass is 9.85. The summed E-state index contributed by atoms with van der Waals surface area (Å²) in [6, 6.07) is 5.40. The van der Waals surface area contributed by atoms with E-state index in [9.17, 15) is 14.4 Å². The number of thiophene rings is 1. The number of carbonyl (C=O) groups excluding carboxylic acids is 3. The normalized spacial score (nSPS) is 20.5. The molecule has 1 aliphatic carbocycles. The number of hydrogen-bond donors (Lipinski definition) is 3. The monoisotopic (exact) mass is 471 g/mol. The van der Waals surface area contributed by atoms with Crippen molar-refractivity contribution in [1.82, 2.24) is 16.0 Å². The van der Waals surface area contributed by atoms with Gasteiger partial charge in [-0.2, -0.15) is 0 Å². The van der Waals surface area contributed by atoms with E-state index in [1.54, 1.807) is 0 Å². The highest BCUT2D eigenvalue weighted by Crippen LogP contribution is 2.40. The Balaban J connectivity index is 1.35. The van der Waals surface area contributed by atoms with Crippen LogP contribution in [-0.2, 0) is 24.3 Å². The van der Waals surface area contributed by atoms with Gasteiger partial charge in [0.25, 0.3) is 0 Å². The summed E-state index contributed by atoms with van der Waals surface area (Å²) in [5, 5.41) is 11.1. The van der Waals surface area contributed by atoms with Gasteiger partial charge in [0.2, 0.25) is 5.91 Å². The average Bonchev–Trinajstić information content (AvgIpc) is 3.24. The Morgan fingerprint density at radius 3 is 2.81 bits per heavy atom. The SMILES string of the molecule is C=C1CCC[C@H](C2Cc3c(CNC(=O)NCc4ccc(C)c(Cl)c4)csc3C2=O)C(=O)N1. The first kappa shape index (κ1) is 22.6. The average molecular weight is 472 g/mol. The maximum Gasteiger partial charge on any atom is 0.315 e. The van der Waals surface area contributed by atoms with Crippen molar-refractivity contribution in [3.63, 3.8) is 0 Å². The number of rotatable bonds is 5. The first-order valence-electron chi connectivity index (χ1n) is 10.7. The third-order valence-electron chi connectivity index (χ3n) is 6.21. The van der Waals surface area contributed by atoms with Gasteiger partial charge < -0.3 is 16.0 Å². The summed E-state index contributed by atoms with van der Waals surface area (Å²) < 4.78 is 0. The van der Waals surface area contributed by atoms with Crippen molar-refractivity contribution in [2.45, 2.75) is 45.7 Å². The number of fused-ring (bicyclic) bond motifs is 1. The van der Waals surface area contributed by atoms with Crippen LogP contribution in [0.5, 0.6) is 0 Å². The van der Waals surface area contributed by atoms with E-state index in [4.69, 9.17) is 11.6 Å². The molecule has 4 rings (SSSR count). The number of allylic oxidation sites excluding steroid dienone is 1. The fourth-order valence-corrected chi connectivity index (χ4v) is 5.66. The minimum absolute atomic E-state index is 0.0459. The largest absolute Gasteiger partial charge is 0.334 e. The molecule has 32 heavy (non-hydrogen) atoms. The predicted molar refractivity (Wildman–Crippen MR) is 126 cm³/mol. The molecule has 2 heterocycles. The lowest BCUT2D eigenvalue weighted by Crippen LogP contribution is -2.35. The number of aryl methyl sites for hydroxylation is 1. The number of Topliss-reactive ketones (excluding diaryl/α,β-unsaturated/α-hetero) is 1. The molecule has 2 atom stereocenters. The molecule has 3 N–H and O–H groups in total. The van der Waals surface area contributed by atoms with Gasteiger partial charge >= 0.3 is 6.03 Å². The summed E-state index contributed by atoms with van der Waals surface area (Å²) in [7, 11) is 0. The number of hydrogen-bond acceptors (Lipinski definition) is 4. The minimum atomic E-state index is -0.331. The van der Waals surface area contributed by atoms with Crippen LogP contribution in [0.2, 0.25) is 5.02 Å². The highest BCUT2D eigenvalue weighted by Gasteiger charge is 2.42. The number of nitrogens with one attached hydrogen (secondary N) is 3. The fraction of sp³-hybridized carbons (Fsp3) is 0.375. The zero-order valence-corrected chi connectivity index (χ0v) is 19.5. The number of urea groups is 1. The van der Waals surface area contributed by atoms with E-state index >= 15 is 0 Å². The molecule has 0 radical (unpaired) electrons. The van der Waals surface area contributed by atoms with E-state index < -0.39 is 0 Å². The van der Waals surface area contributed by atoms with Crippen molar-refractivity contribution in [3.8, 4) is 0 Å². The minimum Gasteiger partial charge on any atom is -0.334 e. The maximum atomic E-state index is 13.0. The van der Waals surface area contributed by atoms with Crippen molar-refractivity contribution >= 4 is 40.7 Å². The number of halogens is 1. The first-order valence-corrected chi connectivity index (χ1v) is 12.0. The summed E-state index contributed by atoms with van der Waals surface area (Å²) in [6.45, 7) is 6.50.